The quantitative estimate of drug-likeness (QED) is 0.652. The fourth-order valence-electron chi connectivity index (χ4n) is 3.70. The molecule has 0 nitrogen and oxygen atoms in total. The van der Waals surface area contributed by atoms with Gasteiger partial charge in [0.25, 0.3) is 0 Å². The molecule has 4 unspecified atom stereocenters. The molecule has 0 heterocycles. The monoisotopic (exact) mass is 234 g/mol. The van der Waals surface area contributed by atoms with E-state index in [2.05, 4.69) is 0 Å². The van der Waals surface area contributed by atoms with Gasteiger partial charge in [0.05, 0.1) is 5.41 Å². The lowest BCUT2D eigenvalue weighted by Crippen LogP contribution is -2.42. The summed E-state index contributed by atoms with van der Waals surface area (Å²) in [6.45, 7) is 4.53. The fourth-order valence-corrected chi connectivity index (χ4v) is 3.70. The molecule has 0 aliphatic heterocycles. The van der Waals surface area contributed by atoms with Crippen LogP contribution in [0.25, 0.3) is 0 Å². The number of hydrogen-bond donors (Lipinski definition) is 0. The lowest BCUT2D eigenvalue weighted by atomic mass is 9.67. The molecule has 0 radical (unpaired) electrons. The third-order valence-corrected chi connectivity index (χ3v) is 5.30. The molecule has 0 N–H and O–H groups in total. The van der Waals surface area contributed by atoms with Gasteiger partial charge in [0.15, 0.2) is 0 Å². The summed E-state index contributed by atoms with van der Waals surface area (Å²) in [6.07, 6.45) is 0.552. The normalized spacial score (nSPS) is 36.8. The van der Waals surface area contributed by atoms with Crippen LogP contribution in [0, 0.1) is 29.1 Å². The standard InChI is InChI=1S/C13H21F3/c1-8(12(2,3)13(14,15)16)11-7-9-4-5-10(11)6-9/h8-11H,4-7H2,1-3H3. The minimum atomic E-state index is -4.08. The molecule has 2 aliphatic rings. The summed E-state index contributed by atoms with van der Waals surface area (Å²) in [4.78, 5) is 0. The molecular weight excluding hydrogens is 213 g/mol. The van der Waals surface area contributed by atoms with Crippen molar-refractivity contribution in [1.82, 2.24) is 0 Å². The van der Waals surface area contributed by atoms with Crippen molar-refractivity contribution in [3.05, 3.63) is 0 Å². The largest absolute Gasteiger partial charge is 0.394 e. The topological polar surface area (TPSA) is 0 Å². The van der Waals surface area contributed by atoms with E-state index in [1.54, 1.807) is 6.92 Å². The van der Waals surface area contributed by atoms with Gasteiger partial charge in [-0.25, -0.2) is 0 Å². The lowest BCUT2D eigenvalue weighted by molar-refractivity contribution is -0.235. The summed E-state index contributed by atoms with van der Waals surface area (Å²) < 4.78 is 38.9. The van der Waals surface area contributed by atoms with Crippen LogP contribution in [0.3, 0.4) is 0 Å². The third-order valence-electron chi connectivity index (χ3n) is 5.30. The van der Waals surface area contributed by atoms with E-state index in [0.29, 0.717) is 11.8 Å². The number of fused-ring (bicyclic) bond motifs is 2. The van der Waals surface area contributed by atoms with Gasteiger partial charge in [0, 0.05) is 0 Å². The van der Waals surface area contributed by atoms with Crippen molar-refractivity contribution in [2.75, 3.05) is 0 Å². The molecule has 0 aromatic carbocycles. The third kappa shape index (κ3) is 1.76. The van der Waals surface area contributed by atoms with Crippen molar-refractivity contribution < 1.29 is 13.2 Å². The van der Waals surface area contributed by atoms with Crippen LogP contribution in [0.5, 0.6) is 0 Å². The van der Waals surface area contributed by atoms with Crippen LogP contribution in [0.1, 0.15) is 46.5 Å². The van der Waals surface area contributed by atoms with Crippen LogP contribution in [-0.4, -0.2) is 6.18 Å². The molecule has 0 aromatic rings. The van der Waals surface area contributed by atoms with Crippen molar-refractivity contribution in [2.45, 2.75) is 52.6 Å². The van der Waals surface area contributed by atoms with Crippen molar-refractivity contribution >= 4 is 0 Å². The molecule has 2 aliphatic carbocycles. The van der Waals surface area contributed by atoms with E-state index in [-0.39, 0.29) is 5.92 Å². The predicted octanol–water partition coefficient (Wildman–Crippen LogP) is 4.65. The molecule has 2 rings (SSSR count). The smallest absolute Gasteiger partial charge is 0.171 e. The Balaban J connectivity index is 2.10. The minimum Gasteiger partial charge on any atom is -0.171 e. The Bertz CT molecular complexity index is 267. The summed E-state index contributed by atoms with van der Waals surface area (Å²) in [5, 5.41) is 0. The minimum absolute atomic E-state index is 0.247. The van der Waals surface area contributed by atoms with E-state index in [1.807, 2.05) is 0 Å². The van der Waals surface area contributed by atoms with Crippen molar-refractivity contribution in [1.29, 1.82) is 0 Å². The molecule has 0 aromatic heterocycles. The van der Waals surface area contributed by atoms with Gasteiger partial charge < -0.3 is 0 Å². The molecule has 4 atom stereocenters. The van der Waals surface area contributed by atoms with Crippen LogP contribution >= 0.6 is 0 Å². The number of rotatable bonds is 2. The molecule has 2 saturated carbocycles. The summed E-state index contributed by atoms with van der Waals surface area (Å²) in [7, 11) is 0. The second-order valence-corrected chi connectivity index (χ2v) is 6.35. The highest BCUT2D eigenvalue weighted by Gasteiger charge is 2.55. The van der Waals surface area contributed by atoms with Crippen LogP contribution in [0.2, 0.25) is 0 Å². The summed E-state index contributed by atoms with van der Waals surface area (Å²) >= 11 is 0. The van der Waals surface area contributed by atoms with Gasteiger partial charge in [0.1, 0.15) is 0 Å². The summed E-state index contributed by atoms with van der Waals surface area (Å²) in [6, 6.07) is 0. The Kier molecular flexibility index (Phi) is 2.79. The first kappa shape index (κ1) is 12.3. The van der Waals surface area contributed by atoms with Crippen LogP contribution < -0.4 is 0 Å². The van der Waals surface area contributed by atoms with Gasteiger partial charge in [-0.05, 0) is 42.9 Å². The summed E-state index contributed by atoms with van der Waals surface area (Å²) in [5.74, 6) is 1.35. The molecule has 0 spiro atoms. The first-order chi connectivity index (χ1) is 7.23. The zero-order valence-corrected chi connectivity index (χ0v) is 10.3. The Morgan fingerprint density at radius 2 is 1.69 bits per heavy atom. The number of alkyl halides is 3. The second-order valence-electron chi connectivity index (χ2n) is 6.35. The average Bonchev–Trinajstić information content (AvgIpc) is 2.75. The van der Waals surface area contributed by atoms with E-state index in [1.165, 1.54) is 26.7 Å². The molecule has 2 bridgehead atoms. The van der Waals surface area contributed by atoms with Gasteiger partial charge in [-0.1, -0.05) is 27.2 Å². The van der Waals surface area contributed by atoms with E-state index in [4.69, 9.17) is 0 Å². The zero-order chi connectivity index (χ0) is 12.1. The van der Waals surface area contributed by atoms with Crippen molar-refractivity contribution in [3.63, 3.8) is 0 Å². The predicted molar refractivity (Wildman–Crippen MR) is 57.9 cm³/mol. The van der Waals surface area contributed by atoms with E-state index < -0.39 is 11.6 Å². The average molecular weight is 234 g/mol. The molecule has 94 valence electrons. The van der Waals surface area contributed by atoms with Crippen LogP contribution in [-0.2, 0) is 0 Å². The Hall–Kier alpha value is -0.210. The SMILES string of the molecule is CC(C1CC2CCC1C2)C(C)(C)C(F)(F)F. The first-order valence-corrected chi connectivity index (χ1v) is 6.30. The van der Waals surface area contributed by atoms with Crippen molar-refractivity contribution in [3.8, 4) is 0 Å². The molecule has 0 saturated heterocycles. The van der Waals surface area contributed by atoms with Gasteiger partial charge >= 0.3 is 6.18 Å². The molecule has 2 fully saturated rings. The second kappa shape index (κ2) is 3.64. The van der Waals surface area contributed by atoms with Crippen LogP contribution in [0.4, 0.5) is 13.2 Å². The molecule has 0 amide bonds. The zero-order valence-electron chi connectivity index (χ0n) is 10.3. The Morgan fingerprint density at radius 3 is 2.06 bits per heavy atom. The maximum atomic E-state index is 13.0. The molecular formula is C13H21F3. The van der Waals surface area contributed by atoms with Crippen molar-refractivity contribution in [2.24, 2.45) is 29.1 Å². The van der Waals surface area contributed by atoms with Gasteiger partial charge in [-0.3, -0.25) is 0 Å². The molecule has 3 heteroatoms. The first-order valence-electron chi connectivity index (χ1n) is 6.30. The van der Waals surface area contributed by atoms with Gasteiger partial charge in [0.2, 0.25) is 0 Å². The Labute approximate surface area is 95.6 Å². The highest BCUT2D eigenvalue weighted by atomic mass is 19.4. The van der Waals surface area contributed by atoms with E-state index in [0.717, 1.165) is 18.8 Å². The highest BCUT2D eigenvalue weighted by molar-refractivity contribution is 4.97. The van der Waals surface area contributed by atoms with Crippen LogP contribution in [0.15, 0.2) is 0 Å². The summed E-state index contributed by atoms with van der Waals surface area (Å²) in [5.41, 5.74) is -1.54. The number of halogens is 3. The Morgan fingerprint density at radius 1 is 1.06 bits per heavy atom. The van der Waals surface area contributed by atoms with Gasteiger partial charge in [-0.2, -0.15) is 13.2 Å². The molecule has 16 heavy (non-hydrogen) atoms. The van der Waals surface area contributed by atoms with E-state index >= 15 is 0 Å². The fraction of sp³-hybridized carbons (Fsp3) is 1.00. The maximum absolute atomic E-state index is 13.0. The van der Waals surface area contributed by atoms with Gasteiger partial charge in [-0.15, -0.1) is 0 Å². The lowest BCUT2D eigenvalue weighted by Gasteiger charge is -2.40. The highest BCUT2D eigenvalue weighted by Crippen LogP contribution is 2.56. The van der Waals surface area contributed by atoms with E-state index in [9.17, 15) is 13.2 Å². The number of hydrogen-bond acceptors (Lipinski definition) is 0. The maximum Gasteiger partial charge on any atom is 0.394 e.